The number of hydrogen-bond donors (Lipinski definition) is 1. The van der Waals surface area contributed by atoms with E-state index in [4.69, 9.17) is 14.6 Å². The highest BCUT2D eigenvalue weighted by atomic mass is 16.5. The van der Waals surface area contributed by atoms with E-state index in [1.165, 1.54) is 0 Å². The zero-order valence-corrected chi connectivity index (χ0v) is 11.7. The van der Waals surface area contributed by atoms with Gasteiger partial charge in [-0.3, -0.25) is 9.69 Å². The Hall–Kier alpha value is -1.59. The smallest absolute Gasteiger partial charge is 0.317 e. The van der Waals surface area contributed by atoms with Crippen molar-refractivity contribution in [1.29, 1.82) is 0 Å². The number of methoxy groups -OCH3 is 1. The fourth-order valence-electron chi connectivity index (χ4n) is 2.48. The molecule has 0 spiro atoms. The van der Waals surface area contributed by atoms with E-state index in [-0.39, 0.29) is 12.6 Å². The predicted octanol–water partition coefficient (Wildman–Crippen LogP) is 1.76. The number of hydrogen-bond acceptors (Lipinski definition) is 4. The summed E-state index contributed by atoms with van der Waals surface area (Å²) in [6.07, 6.45) is 2.22. The first-order valence-electron chi connectivity index (χ1n) is 6.86. The summed E-state index contributed by atoms with van der Waals surface area (Å²) in [6.45, 7) is 2.05. The Morgan fingerprint density at radius 2 is 2.40 bits per heavy atom. The lowest BCUT2D eigenvalue weighted by molar-refractivity contribution is -0.138. The molecule has 1 saturated heterocycles. The van der Waals surface area contributed by atoms with Crippen LogP contribution in [0.1, 0.15) is 18.4 Å². The second-order valence-electron chi connectivity index (χ2n) is 5.05. The molecule has 1 atom stereocenters. The molecule has 1 aliphatic rings. The average Bonchev–Trinajstić information content (AvgIpc) is 2.91. The van der Waals surface area contributed by atoms with Crippen LogP contribution in [0.5, 0.6) is 5.75 Å². The molecule has 1 heterocycles. The topological polar surface area (TPSA) is 59.0 Å². The number of nitrogens with zero attached hydrogens (tertiary/aromatic N) is 1. The first-order valence-corrected chi connectivity index (χ1v) is 6.86. The number of ether oxygens (including phenoxy) is 2. The zero-order valence-electron chi connectivity index (χ0n) is 11.7. The van der Waals surface area contributed by atoms with Crippen molar-refractivity contribution in [2.75, 3.05) is 26.8 Å². The molecule has 0 radical (unpaired) electrons. The summed E-state index contributed by atoms with van der Waals surface area (Å²) < 4.78 is 10.8. The second kappa shape index (κ2) is 7.26. The van der Waals surface area contributed by atoms with Gasteiger partial charge >= 0.3 is 5.97 Å². The van der Waals surface area contributed by atoms with E-state index >= 15 is 0 Å². The van der Waals surface area contributed by atoms with E-state index in [1.54, 1.807) is 7.11 Å². The Labute approximate surface area is 119 Å². The maximum atomic E-state index is 11.0. The van der Waals surface area contributed by atoms with Gasteiger partial charge in [-0.2, -0.15) is 0 Å². The molecule has 1 aromatic rings. The van der Waals surface area contributed by atoms with Crippen molar-refractivity contribution in [2.24, 2.45) is 0 Å². The quantitative estimate of drug-likeness (QED) is 0.824. The number of benzene rings is 1. The standard InChI is InChI=1S/C15H21NO4/c1-19-13-5-2-4-12(8-13)9-16(11-15(17)18)10-14-6-3-7-20-14/h2,4-5,8,14H,3,6-7,9-11H2,1H3,(H,17,18). The molecule has 1 aliphatic heterocycles. The molecular weight excluding hydrogens is 258 g/mol. The summed E-state index contributed by atoms with van der Waals surface area (Å²) in [5.41, 5.74) is 1.04. The Bertz CT molecular complexity index is 443. The molecule has 5 nitrogen and oxygen atoms in total. The van der Waals surface area contributed by atoms with Crippen molar-refractivity contribution in [3.8, 4) is 5.75 Å². The van der Waals surface area contributed by atoms with Crippen molar-refractivity contribution in [3.63, 3.8) is 0 Å². The third kappa shape index (κ3) is 4.51. The summed E-state index contributed by atoms with van der Waals surface area (Å²) in [5.74, 6) is -0.0271. The first kappa shape index (κ1) is 14.8. The summed E-state index contributed by atoms with van der Waals surface area (Å²) in [5, 5.41) is 9.03. The van der Waals surface area contributed by atoms with Crippen LogP contribution in [0.25, 0.3) is 0 Å². The van der Waals surface area contributed by atoms with E-state index in [1.807, 2.05) is 29.2 Å². The number of rotatable bonds is 7. The Kier molecular flexibility index (Phi) is 5.38. The Balaban J connectivity index is 1.99. The van der Waals surface area contributed by atoms with Crippen LogP contribution in [-0.4, -0.2) is 48.9 Å². The van der Waals surface area contributed by atoms with Gasteiger partial charge in [0.1, 0.15) is 5.75 Å². The minimum atomic E-state index is -0.814. The van der Waals surface area contributed by atoms with Gasteiger partial charge in [0.05, 0.1) is 19.8 Å². The van der Waals surface area contributed by atoms with E-state index in [0.717, 1.165) is 30.8 Å². The molecule has 1 N–H and O–H groups in total. The molecule has 1 fully saturated rings. The van der Waals surface area contributed by atoms with E-state index in [0.29, 0.717) is 13.1 Å². The summed E-state index contributed by atoms with van der Waals surface area (Å²) in [6, 6.07) is 7.71. The lowest BCUT2D eigenvalue weighted by Crippen LogP contribution is -2.35. The lowest BCUT2D eigenvalue weighted by Gasteiger charge is -2.23. The van der Waals surface area contributed by atoms with Crippen LogP contribution in [0.4, 0.5) is 0 Å². The van der Waals surface area contributed by atoms with Crippen LogP contribution >= 0.6 is 0 Å². The number of carboxylic acid groups (broad SMARTS) is 1. The van der Waals surface area contributed by atoms with E-state index < -0.39 is 5.97 Å². The highest BCUT2D eigenvalue weighted by Crippen LogP contribution is 2.17. The van der Waals surface area contributed by atoms with Crippen LogP contribution in [0.2, 0.25) is 0 Å². The summed E-state index contributed by atoms with van der Waals surface area (Å²) in [4.78, 5) is 12.9. The Morgan fingerprint density at radius 1 is 1.55 bits per heavy atom. The number of aliphatic carboxylic acids is 1. The predicted molar refractivity (Wildman–Crippen MR) is 74.9 cm³/mol. The van der Waals surface area contributed by atoms with Crippen molar-refractivity contribution in [1.82, 2.24) is 4.90 Å². The molecule has 1 aromatic carbocycles. The second-order valence-corrected chi connectivity index (χ2v) is 5.05. The van der Waals surface area contributed by atoms with Gasteiger partial charge in [0.25, 0.3) is 0 Å². The summed E-state index contributed by atoms with van der Waals surface area (Å²) >= 11 is 0. The SMILES string of the molecule is COc1cccc(CN(CC(=O)O)CC2CCCO2)c1. The van der Waals surface area contributed by atoms with Crippen LogP contribution < -0.4 is 4.74 Å². The molecule has 0 aliphatic carbocycles. The molecule has 5 heteroatoms. The van der Waals surface area contributed by atoms with Gasteiger partial charge < -0.3 is 14.6 Å². The highest BCUT2D eigenvalue weighted by Gasteiger charge is 2.20. The third-order valence-electron chi connectivity index (χ3n) is 3.39. The minimum absolute atomic E-state index is 0.0249. The van der Waals surface area contributed by atoms with Crippen LogP contribution in [0.15, 0.2) is 24.3 Å². The monoisotopic (exact) mass is 279 g/mol. The zero-order chi connectivity index (χ0) is 14.4. The highest BCUT2D eigenvalue weighted by molar-refractivity contribution is 5.69. The van der Waals surface area contributed by atoms with Gasteiger partial charge in [0, 0.05) is 19.7 Å². The van der Waals surface area contributed by atoms with Crippen molar-refractivity contribution < 1.29 is 19.4 Å². The van der Waals surface area contributed by atoms with Crippen molar-refractivity contribution in [2.45, 2.75) is 25.5 Å². The lowest BCUT2D eigenvalue weighted by atomic mass is 10.1. The molecule has 0 bridgehead atoms. The number of carbonyl (C=O) groups is 1. The minimum Gasteiger partial charge on any atom is -0.497 e. The van der Waals surface area contributed by atoms with Gasteiger partial charge in [-0.25, -0.2) is 0 Å². The largest absolute Gasteiger partial charge is 0.497 e. The molecule has 1 unspecified atom stereocenters. The van der Waals surface area contributed by atoms with Crippen molar-refractivity contribution >= 4 is 5.97 Å². The molecule has 20 heavy (non-hydrogen) atoms. The maximum absolute atomic E-state index is 11.0. The fourth-order valence-corrected chi connectivity index (χ4v) is 2.48. The number of carboxylic acids is 1. The van der Waals surface area contributed by atoms with Crippen LogP contribution in [0.3, 0.4) is 0 Å². The van der Waals surface area contributed by atoms with E-state index in [2.05, 4.69) is 0 Å². The van der Waals surface area contributed by atoms with Crippen LogP contribution in [-0.2, 0) is 16.1 Å². The van der Waals surface area contributed by atoms with E-state index in [9.17, 15) is 4.79 Å². The fraction of sp³-hybridized carbons (Fsp3) is 0.533. The first-order chi connectivity index (χ1) is 9.67. The third-order valence-corrected chi connectivity index (χ3v) is 3.39. The molecule has 110 valence electrons. The van der Waals surface area contributed by atoms with Crippen LogP contribution in [0, 0.1) is 0 Å². The molecule has 2 rings (SSSR count). The summed E-state index contributed by atoms with van der Waals surface area (Å²) in [7, 11) is 1.63. The molecular formula is C15H21NO4. The average molecular weight is 279 g/mol. The Morgan fingerprint density at radius 3 is 3.05 bits per heavy atom. The van der Waals surface area contributed by atoms with Crippen molar-refractivity contribution in [3.05, 3.63) is 29.8 Å². The molecule has 0 amide bonds. The van der Waals surface area contributed by atoms with Gasteiger partial charge in [-0.1, -0.05) is 12.1 Å². The maximum Gasteiger partial charge on any atom is 0.317 e. The van der Waals surface area contributed by atoms with Gasteiger partial charge in [0.15, 0.2) is 0 Å². The van der Waals surface area contributed by atoms with Gasteiger partial charge in [0.2, 0.25) is 0 Å². The molecule has 0 aromatic heterocycles. The van der Waals surface area contributed by atoms with Gasteiger partial charge in [-0.05, 0) is 30.5 Å². The molecule has 0 saturated carbocycles. The van der Waals surface area contributed by atoms with Gasteiger partial charge in [-0.15, -0.1) is 0 Å². The normalized spacial score (nSPS) is 18.4.